The van der Waals surface area contributed by atoms with Crippen LogP contribution in [-0.4, -0.2) is 49.5 Å². The Hall–Kier alpha value is -3.72. The molecule has 0 saturated carbocycles. The smallest absolute Gasteiger partial charge is 0.401 e. The molecule has 4 N–H and O–H groups in total. The Morgan fingerprint density at radius 1 is 1.33 bits per heavy atom. The molecule has 0 radical (unpaired) electrons. The molecule has 0 unspecified atom stereocenters. The number of aliphatic hydroxyl groups excluding tert-OH is 2. The maximum Gasteiger partial charge on any atom is 0.516 e. The van der Waals surface area contributed by atoms with Crippen molar-refractivity contribution < 1.29 is 29.2 Å². The molecule has 1 saturated heterocycles. The summed E-state index contributed by atoms with van der Waals surface area (Å²) < 4.78 is 16.9. The summed E-state index contributed by atoms with van der Waals surface area (Å²) in [6, 6.07) is 11.6. The van der Waals surface area contributed by atoms with Crippen molar-refractivity contribution >= 4 is 17.5 Å². The van der Waals surface area contributed by atoms with Gasteiger partial charge >= 0.3 is 6.16 Å². The molecule has 1 fully saturated rings. The van der Waals surface area contributed by atoms with Crippen molar-refractivity contribution in [2.75, 3.05) is 5.73 Å². The van der Waals surface area contributed by atoms with Crippen LogP contribution in [0.5, 0.6) is 5.75 Å². The highest BCUT2D eigenvalue weighted by molar-refractivity contribution is 5.66. The number of fused-ring (bicyclic) bond motifs is 1. The minimum atomic E-state index is -2.08. The molecule has 0 spiro atoms. The summed E-state index contributed by atoms with van der Waals surface area (Å²) in [6.07, 6.45) is -5.14. The van der Waals surface area contributed by atoms with Crippen LogP contribution in [0.1, 0.15) is 11.3 Å². The van der Waals surface area contributed by atoms with Gasteiger partial charge in [0.05, 0.1) is 5.69 Å². The predicted molar refractivity (Wildman–Crippen MR) is 99.9 cm³/mol. The van der Waals surface area contributed by atoms with Gasteiger partial charge in [-0.3, -0.25) is 0 Å². The van der Waals surface area contributed by atoms with Crippen molar-refractivity contribution in [3.8, 4) is 11.8 Å². The Labute approximate surface area is 169 Å². The number of nitriles is 1. The van der Waals surface area contributed by atoms with E-state index in [-0.39, 0.29) is 17.3 Å². The number of rotatable bonds is 3. The second-order valence-electron chi connectivity index (χ2n) is 6.67. The molecule has 3 aromatic rings. The van der Waals surface area contributed by atoms with Crippen LogP contribution < -0.4 is 10.5 Å². The molecule has 4 rings (SSSR count). The summed E-state index contributed by atoms with van der Waals surface area (Å²) in [6.45, 7) is 1.74. The Bertz CT molecular complexity index is 1160. The average molecular weight is 411 g/mol. The number of benzene rings is 1. The summed E-state index contributed by atoms with van der Waals surface area (Å²) in [4.78, 5) is 16.0. The average Bonchev–Trinajstić information content (AvgIpc) is 3.26. The van der Waals surface area contributed by atoms with Crippen LogP contribution in [0.15, 0.2) is 42.7 Å². The van der Waals surface area contributed by atoms with Gasteiger partial charge in [-0.05, 0) is 30.7 Å². The zero-order valence-corrected chi connectivity index (χ0v) is 15.7. The largest absolute Gasteiger partial charge is 0.516 e. The molecular formula is C19H17N5O6. The number of aliphatic hydroxyl groups is 2. The van der Waals surface area contributed by atoms with Crippen LogP contribution in [0, 0.1) is 18.3 Å². The fourth-order valence-corrected chi connectivity index (χ4v) is 3.28. The lowest BCUT2D eigenvalue weighted by Gasteiger charge is -2.23. The second kappa shape index (κ2) is 7.27. The van der Waals surface area contributed by atoms with Crippen molar-refractivity contribution in [2.24, 2.45) is 0 Å². The summed E-state index contributed by atoms with van der Waals surface area (Å²) in [5.74, 6) is 0.402. The normalized spacial score (nSPS) is 25.7. The summed E-state index contributed by atoms with van der Waals surface area (Å²) in [5, 5.41) is 34.8. The van der Waals surface area contributed by atoms with Gasteiger partial charge in [0, 0.05) is 0 Å². The number of aryl methyl sites for hydroxylation is 1. The molecule has 0 bridgehead atoms. The maximum absolute atomic E-state index is 12.2. The number of nitrogens with zero attached hydrogens (tertiary/aromatic N) is 4. The molecule has 1 aromatic carbocycles. The Morgan fingerprint density at radius 3 is 2.83 bits per heavy atom. The van der Waals surface area contributed by atoms with Crippen LogP contribution in [0.4, 0.5) is 10.6 Å². The first-order valence-electron chi connectivity index (χ1n) is 8.85. The number of para-hydroxylation sites is 1. The summed E-state index contributed by atoms with van der Waals surface area (Å²) >= 11 is 0. The Kier molecular flexibility index (Phi) is 4.75. The summed E-state index contributed by atoms with van der Waals surface area (Å²) in [5.41, 5.74) is 4.86. The molecule has 30 heavy (non-hydrogen) atoms. The van der Waals surface area contributed by atoms with Gasteiger partial charge in [0.2, 0.25) is 11.9 Å². The lowest BCUT2D eigenvalue weighted by molar-refractivity contribution is -0.157. The van der Waals surface area contributed by atoms with E-state index in [9.17, 15) is 20.3 Å². The molecule has 0 amide bonds. The topological polar surface area (TPSA) is 165 Å². The van der Waals surface area contributed by atoms with Crippen molar-refractivity contribution in [1.29, 1.82) is 5.26 Å². The van der Waals surface area contributed by atoms with E-state index in [4.69, 9.17) is 19.9 Å². The van der Waals surface area contributed by atoms with Crippen molar-refractivity contribution in [1.82, 2.24) is 14.6 Å². The van der Waals surface area contributed by atoms with E-state index >= 15 is 0 Å². The molecule has 1 aliphatic heterocycles. The SMILES string of the molecule is Cc1ccccc1OC(=O)O[C@H]1O[C@@](C#N)(c2ccc3c(N)ncnn23)[C@H](O)[C@@H]1O. The maximum atomic E-state index is 12.2. The molecule has 3 heterocycles. The second-order valence-corrected chi connectivity index (χ2v) is 6.67. The van der Waals surface area contributed by atoms with Gasteiger partial charge in [-0.1, -0.05) is 18.2 Å². The Morgan fingerprint density at radius 2 is 2.10 bits per heavy atom. The highest BCUT2D eigenvalue weighted by Gasteiger charge is 2.59. The lowest BCUT2D eigenvalue weighted by atomic mass is 9.93. The molecule has 11 nitrogen and oxygen atoms in total. The van der Waals surface area contributed by atoms with Crippen LogP contribution in [-0.2, 0) is 15.1 Å². The number of carbonyl (C=O) groups is 1. The first-order valence-corrected chi connectivity index (χ1v) is 8.85. The van der Waals surface area contributed by atoms with E-state index in [1.807, 2.05) is 6.07 Å². The minimum Gasteiger partial charge on any atom is -0.401 e. The van der Waals surface area contributed by atoms with E-state index in [1.54, 1.807) is 31.2 Å². The van der Waals surface area contributed by atoms with Gasteiger partial charge in [0.15, 0.2) is 5.82 Å². The monoisotopic (exact) mass is 411 g/mol. The molecule has 1 aliphatic rings. The molecule has 0 aliphatic carbocycles. The van der Waals surface area contributed by atoms with E-state index < -0.39 is 30.3 Å². The summed E-state index contributed by atoms with van der Waals surface area (Å²) in [7, 11) is 0. The number of aromatic nitrogens is 3. The first-order chi connectivity index (χ1) is 14.4. The number of hydrogen-bond acceptors (Lipinski definition) is 10. The predicted octanol–water partition coefficient (Wildman–Crippen LogP) is 0.632. The van der Waals surface area contributed by atoms with Gasteiger partial charge in [-0.2, -0.15) is 10.4 Å². The molecule has 11 heteroatoms. The van der Waals surface area contributed by atoms with Crippen LogP contribution in [0.3, 0.4) is 0 Å². The fraction of sp³-hybridized carbons (Fsp3) is 0.263. The van der Waals surface area contributed by atoms with E-state index in [1.165, 1.54) is 23.0 Å². The molecule has 4 atom stereocenters. The van der Waals surface area contributed by atoms with Gasteiger partial charge in [0.25, 0.3) is 0 Å². The van der Waals surface area contributed by atoms with Gasteiger partial charge in [0.1, 0.15) is 35.9 Å². The van der Waals surface area contributed by atoms with E-state index in [0.29, 0.717) is 11.1 Å². The van der Waals surface area contributed by atoms with Gasteiger partial charge in [-0.25, -0.2) is 14.3 Å². The third kappa shape index (κ3) is 3.00. The van der Waals surface area contributed by atoms with Crippen LogP contribution in [0.2, 0.25) is 0 Å². The third-order valence-corrected chi connectivity index (χ3v) is 4.85. The number of anilines is 1. The third-order valence-electron chi connectivity index (χ3n) is 4.85. The molecule has 2 aromatic heterocycles. The van der Waals surface area contributed by atoms with Crippen LogP contribution >= 0.6 is 0 Å². The highest BCUT2D eigenvalue weighted by atomic mass is 16.8. The highest BCUT2D eigenvalue weighted by Crippen LogP contribution is 2.40. The van der Waals surface area contributed by atoms with Crippen molar-refractivity contribution in [3.05, 3.63) is 54.0 Å². The minimum absolute atomic E-state index is 0.0824. The number of ether oxygens (including phenoxy) is 3. The zero-order valence-electron chi connectivity index (χ0n) is 15.7. The number of carbonyl (C=O) groups excluding carboxylic acids is 1. The van der Waals surface area contributed by atoms with E-state index in [2.05, 4.69) is 10.1 Å². The number of nitrogen functional groups attached to an aromatic ring is 1. The van der Waals surface area contributed by atoms with E-state index in [0.717, 1.165) is 0 Å². The lowest BCUT2D eigenvalue weighted by Crippen LogP contribution is -2.41. The zero-order chi connectivity index (χ0) is 21.5. The quantitative estimate of drug-likeness (QED) is 0.411. The van der Waals surface area contributed by atoms with Gasteiger partial charge < -0.3 is 30.2 Å². The van der Waals surface area contributed by atoms with Gasteiger partial charge in [-0.15, -0.1) is 0 Å². The number of nitrogens with two attached hydrogens (primary N) is 1. The van der Waals surface area contributed by atoms with Crippen molar-refractivity contribution in [3.63, 3.8) is 0 Å². The first kappa shape index (κ1) is 19.6. The van der Waals surface area contributed by atoms with Crippen molar-refractivity contribution in [2.45, 2.75) is 31.0 Å². The number of hydrogen-bond donors (Lipinski definition) is 3. The molecular weight excluding hydrogens is 394 g/mol. The van der Waals surface area contributed by atoms with Crippen LogP contribution in [0.25, 0.3) is 5.52 Å². The molecule has 154 valence electrons. The standard InChI is InChI=1S/C19H17N5O6/c1-10-4-2-3-5-12(10)28-18(27)29-17-14(25)15(26)19(8-20,30-17)13-7-6-11-16(21)22-9-23-24(11)13/h2-7,9,14-15,17,25-26H,1H3,(H2,21,22,23)/t14-,15+,17-,19-/m0/s1. The Balaban J connectivity index is 1.61. The fourth-order valence-electron chi connectivity index (χ4n) is 3.28.